The topological polar surface area (TPSA) is 83.5 Å². The molecule has 6 heteroatoms. The maximum Gasteiger partial charge on any atom is 0.303 e. The molecule has 0 aliphatic heterocycles. The van der Waals surface area contributed by atoms with Crippen molar-refractivity contribution in [1.29, 1.82) is 0 Å². The molecule has 17 heavy (non-hydrogen) atoms. The van der Waals surface area contributed by atoms with Crippen molar-refractivity contribution >= 4 is 16.0 Å². The smallest absolute Gasteiger partial charge is 0.303 e. The Morgan fingerprint density at radius 3 is 2.59 bits per heavy atom. The van der Waals surface area contributed by atoms with E-state index >= 15 is 0 Å². The molecule has 1 aliphatic carbocycles. The van der Waals surface area contributed by atoms with Crippen molar-refractivity contribution < 1.29 is 18.3 Å². The SMILES string of the molecule is CCC(CC1CC1)NS(=O)(=O)CCCC(=O)O. The molecule has 1 aliphatic rings. The minimum atomic E-state index is -3.32. The summed E-state index contributed by atoms with van der Waals surface area (Å²) in [4.78, 5) is 10.3. The summed E-state index contributed by atoms with van der Waals surface area (Å²) in [6.07, 6.45) is 4.18. The predicted octanol–water partition coefficient (Wildman–Crippen LogP) is 1.35. The molecular formula is C11H21NO4S. The lowest BCUT2D eigenvalue weighted by Gasteiger charge is -2.16. The van der Waals surface area contributed by atoms with Crippen molar-refractivity contribution in [2.75, 3.05) is 5.75 Å². The molecule has 0 amide bonds. The number of sulfonamides is 1. The summed E-state index contributed by atoms with van der Waals surface area (Å²) < 4.78 is 26.0. The lowest BCUT2D eigenvalue weighted by molar-refractivity contribution is -0.137. The average molecular weight is 263 g/mol. The van der Waals surface area contributed by atoms with Crippen LogP contribution in [0.2, 0.25) is 0 Å². The van der Waals surface area contributed by atoms with Gasteiger partial charge in [-0.25, -0.2) is 13.1 Å². The number of carboxylic acids is 1. The Kier molecular flexibility index (Phi) is 5.39. The van der Waals surface area contributed by atoms with Crippen molar-refractivity contribution in [3.05, 3.63) is 0 Å². The number of carboxylic acid groups (broad SMARTS) is 1. The monoisotopic (exact) mass is 263 g/mol. The van der Waals surface area contributed by atoms with E-state index in [0.717, 1.165) is 12.8 Å². The highest BCUT2D eigenvalue weighted by Gasteiger charge is 2.26. The van der Waals surface area contributed by atoms with Gasteiger partial charge < -0.3 is 5.11 Å². The Bertz CT molecular complexity index is 348. The first-order chi connectivity index (χ1) is 7.93. The molecule has 100 valence electrons. The molecule has 0 aromatic rings. The quantitative estimate of drug-likeness (QED) is 0.657. The van der Waals surface area contributed by atoms with Gasteiger partial charge in [-0.2, -0.15) is 0 Å². The number of rotatable bonds is 9. The maximum absolute atomic E-state index is 11.7. The van der Waals surface area contributed by atoms with Gasteiger partial charge in [0.25, 0.3) is 0 Å². The van der Waals surface area contributed by atoms with Crippen LogP contribution in [0.15, 0.2) is 0 Å². The molecule has 1 atom stereocenters. The molecule has 0 saturated heterocycles. The summed E-state index contributed by atoms with van der Waals surface area (Å²) in [5.74, 6) is -0.368. The Labute approximate surface area is 103 Å². The molecular weight excluding hydrogens is 242 g/mol. The zero-order valence-corrected chi connectivity index (χ0v) is 11.0. The summed E-state index contributed by atoms with van der Waals surface area (Å²) in [5, 5.41) is 8.45. The van der Waals surface area contributed by atoms with Crippen LogP contribution in [0.5, 0.6) is 0 Å². The van der Waals surface area contributed by atoms with Gasteiger partial charge in [0.05, 0.1) is 5.75 Å². The largest absolute Gasteiger partial charge is 0.481 e. The van der Waals surface area contributed by atoms with Crippen LogP contribution in [-0.4, -0.2) is 31.3 Å². The third-order valence-electron chi connectivity index (χ3n) is 2.96. The van der Waals surface area contributed by atoms with Crippen molar-refractivity contribution in [3.8, 4) is 0 Å². The van der Waals surface area contributed by atoms with E-state index in [-0.39, 0.29) is 24.6 Å². The van der Waals surface area contributed by atoms with Crippen LogP contribution in [-0.2, 0) is 14.8 Å². The minimum Gasteiger partial charge on any atom is -0.481 e. The van der Waals surface area contributed by atoms with Crippen LogP contribution < -0.4 is 4.72 Å². The van der Waals surface area contributed by atoms with Gasteiger partial charge in [-0.05, 0) is 25.2 Å². The van der Waals surface area contributed by atoms with Crippen LogP contribution >= 0.6 is 0 Å². The van der Waals surface area contributed by atoms with E-state index in [2.05, 4.69) is 4.72 Å². The lowest BCUT2D eigenvalue weighted by atomic mass is 10.1. The van der Waals surface area contributed by atoms with E-state index in [9.17, 15) is 13.2 Å². The normalized spacial score (nSPS) is 17.9. The third kappa shape index (κ3) is 6.63. The van der Waals surface area contributed by atoms with Crippen molar-refractivity contribution in [2.45, 2.75) is 51.5 Å². The third-order valence-corrected chi connectivity index (χ3v) is 4.48. The predicted molar refractivity (Wildman–Crippen MR) is 65.2 cm³/mol. The fourth-order valence-electron chi connectivity index (χ4n) is 1.78. The number of hydrogen-bond donors (Lipinski definition) is 2. The fraction of sp³-hybridized carbons (Fsp3) is 0.909. The zero-order valence-electron chi connectivity index (χ0n) is 10.2. The second-order valence-electron chi connectivity index (χ2n) is 4.72. The standard InChI is InChI=1S/C11H21NO4S/c1-2-10(8-9-5-6-9)12-17(15,16)7-3-4-11(13)14/h9-10,12H,2-8H2,1H3,(H,13,14). The summed E-state index contributed by atoms with van der Waals surface area (Å²) in [5.41, 5.74) is 0. The van der Waals surface area contributed by atoms with Gasteiger partial charge in [0.15, 0.2) is 0 Å². The van der Waals surface area contributed by atoms with Crippen LogP contribution in [0.1, 0.15) is 45.4 Å². The highest BCUT2D eigenvalue weighted by molar-refractivity contribution is 7.89. The molecule has 0 radical (unpaired) electrons. The van der Waals surface area contributed by atoms with E-state index < -0.39 is 16.0 Å². The Morgan fingerprint density at radius 2 is 2.12 bits per heavy atom. The first-order valence-electron chi connectivity index (χ1n) is 6.14. The van der Waals surface area contributed by atoms with E-state index in [1.807, 2.05) is 6.92 Å². The Balaban J connectivity index is 2.32. The van der Waals surface area contributed by atoms with Gasteiger partial charge in [0.1, 0.15) is 0 Å². The molecule has 1 unspecified atom stereocenters. The second-order valence-corrected chi connectivity index (χ2v) is 6.59. The summed E-state index contributed by atoms with van der Waals surface area (Å²) in [6, 6.07) is 0.0114. The molecule has 1 saturated carbocycles. The molecule has 5 nitrogen and oxygen atoms in total. The molecule has 0 heterocycles. The molecule has 0 spiro atoms. The number of carbonyl (C=O) groups is 1. The number of aliphatic carboxylic acids is 1. The number of nitrogens with one attached hydrogen (secondary N) is 1. The Morgan fingerprint density at radius 1 is 1.47 bits per heavy atom. The van der Waals surface area contributed by atoms with Crippen LogP contribution in [0, 0.1) is 5.92 Å². The van der Waals surface area contributed by atoms with Gasteiger partial charge in [-0.3, -0.25) is 4.79 Å². The van der Waals surface area contributed by atoms with Crippen molar-refractivity contribution in [3.63, 3.8) is 0 Å². The fourth-order valence-corrected chi connectivity index (χ4v) is 3.19. The molecule has 0 aromatic heterocycles. The van der Waals surface area contributed by atoms with Gasteiger partial charge in [-0.15, -0.1) is 0 Å². The van der Waals surface area contributed by atoms with Gasteiger partial charge in [0.2, 0.25) is 10.0 Å². The highest BCUT2D eigenvalue weighted by atomic mass is 32.2. The molecule has 2 N–H and O–H groups in total. The average Bonchev–Trinajstić information content (AvgIpc) is 2.99. The molecule has 0 bridgehead atoms. The van der Waals surface area contributed by atoms with Crippen LogP contribution in [0.3, 0.4) is 0 Å². The summed E-state index contributed by atoms with van der Waals surface area (Å²) in [6.45, 7) is 1.97. The molecule has 1 fully saturated rings. The second kappa shape index (κ2) is 6.35. The summed E-state index contributed by atoms with van der Waals surface area (Å²) in [7, 11) is -3.32. The van der Waals surface area contributed by atoms with Gasteiger partial charge in [-0.1, -0.05) is 19.8 Å². The first-order valence-corrected chi connectivity index (χ1v) is 7.80. The van der Waals surface area contributed by atoms with E-state index in [0.29, 0.717) is 5.92 Å². The first kappa shape index (κ1) is 14.4. The van der Waals surface area contributed by atoms with Crippen molar-refractivity contribution in [2.24, 2.45) is 5.92 Å². The van der Waals surface area contributed by atoms with Crippen LogP contribution in [0.25, 0.3) is 0 Å². The molecule has 0 aromatic carbocycles. The van der Waals surface area contributed by atoms with Crippen molar-refractivity contribution in [1.82, 2.24) is 4.72 Å². The number of hydrogen-bond acceptors (Lipinski definition) is 3. The maximum atomic E-state index is 11.7. The lowest BCUT2D eigenvalue weighted by Crippen LogP contribution is -2.36. The zero-order chi connectivity index (χ0) is 12.9. The summed E-state index contributed by atoms with van der Waals surface area (Å²) >= 11 is 0. The van der Waals surface area contributed by atoms with Crippen LogP contribution in [0.4, 0.5) is 0 Å². The molecule has 1 rings (SSSR count). The van der Waals surface area contributed by atoms with E-state index in [1.165, 1.54) is 12.8 Å². The highest BCUT2D eigenvalue weighted by Crippen LogP contribution is 2.34. The van der Waals surface area contributed by atoms with Gasteiger partial charge in [0, 0.05) is 12.5 Å². The van der Waals surface area contributed by atoms with E-state index in [4.69, 9.17) is 5.11 Å². The Hall–Kier alpha value is -0.620. The minimum absolute atomic E-state index is 0.0114. The van der Waals surface area contributed by atoms with Gasteiger partial charge >= 0.3 is 5.97 Å². The van der Waals surface area contributed by atoms with E-state index in [1.54, 1.807) is 0 Å².